The normalized spacial score (nSPS) is 13.0. The van der Waals surface area contributed by atoms with Crippen LogP contribution in [0.25, 0.3) is 10.7 Å². The van der Waals surface area contributed by atoms with Crippen molar-refractivity contribution >= 4 is 33.9 Å². The number of amidine groups is 1. The van der Waals surface area contributed by atoms with Crippen LogP contribution >= 0.6 is 11.6 Å². The zero-order chi connectivity index (χ0) is 30.1. The third-order valence-electron chi connectivity index (χ3n) is 7.15. The number of rotatable bonds is 8. The molecule has 0 spiro atoms. The topological polar surface area (TPSA) is 101 Å². The van der Waals surface area contributed by atoms with E-state index in [9.17, 15) is 0 Å². The molecule has 1 aliphatic heterocycles. The molecule has 0 fully saturated rings. The number of nitrogens with zero attached hydrogens (tertiary/aromatic N) is 4. The van der Waals surface area contributed by atoms with Gasteiger partial charge in [0.05, 0.1) is 23.0 Å². The standard InChI is InChI=1S/C31H38ClN7.C2H6/c1-6-22-8-7-9-23(31(22)27(32)15-33)13-28(20(2)3)37-30(14-29(38(5)34)26-16-35-36-17-26)39-18-24-11-10-21(4)12-25(24)19-39;1-2/h7-12,14-17,20H,6,13,18-19,33-34H2,1-5H3;1-2H3/p+1/b27-15-;. The number of aryl methyl sites for hydroxylation is 2. The minimum absolute atomic E-state index is 0.201. The highest BCUT2D eigenvalue weighted by atomic mass is 35.5. The van der Waals surface area contributed by atoms with Gasteiger partial charge in [0.2, 0.25) is 0 Å². The molecule has 0 amide bonds. The Kier molecular flexibility index (Phi) is 11.4. The van der Waals surface area contributed by atoms with Gasteiger partial charge in [-0.05, 0) is 24.5 Å². The molecule has 0 aliphatic carbocycles. The van der Waals surface area contributed by atoms with Gasteiger partial charge in [-0.25, -0.2) is 15.4 Å². The van der Waals surface area contributed by atoms with E-state index in [1.54, 1.807) is 11.2 Å². The van der Waals surface area contributed by atoms with Gasteiger partial charge < -0.3 is 10.7 Å². The van der Waals surface area contributed by atoms with E-state index in [4.69, 9.17) is 27.8 Å². The second-order valence-corrected chi connectivity index (χ2v) is 10.8. The molecule has 1 aromatic heterocycles. The average molecular weight is 575 g/mol. The first-order valence-electron chi connectivity index (χ1n) is 14.4. The largest absolute Gasteiger partial charge is 0.403 e. The van der Waals surface area contributed by atoms with Crippen LogP contribution in [0.2, 0.25) is 0 Å². The summed E-state index contributed by atoms with van der Waals surface area (Å²) in [6, 6.07) is 13.0. The summed E-state index contributed by atoms with van der Waals surface area (Å²) in [6.07, 6.45) is 8.66. The van der Waals surface area contributed by atoms with Crippen molar-refractivity contribution in [1.82, 2.24) is 24.8 Å². The number of aromatic amines is 1. The van der Waals surface area contributed by atoms with Gasteiger partial charge in [0.15, 0.2) is 5.71 Å². The minimum atomic E-state index is 0.201. The maximum Gasteiger partial charge on any atom is 0.372 e. The first-order valence-corrected chi connectivity index (χ1v) is 14.7. The van der Waals surface area contributed by atoms with Crippen LogP contribution in [0.4, 0.5) is 0 Å². The van der Waals surface area contributed by atoms with Crippen LogP contribution in [0, 0.1) is 12.8 Å². The van der Waals surface area contributed by atoms with Crippen molar-refractivity contribution in [2.75, 3.05) is 7.05 Å². The van der Waals surface area contributed by atoms with E-state index in [2.05, 4.69) is 85.3 Å². The second kappa shape index (κ2) is 14.7. The Morgan fingerprint density at radius 1 is 1.17 bits per heavy atom. The van der Waals surface area contributed by atoms with Crippen molar-refractivity contribution in [3.8, 4) is 0 Å². The van der Waals surface area contributed by atoms with Crippen molar-refractivity contribution in [3.05, 3.63) is 100 Å². The molecule has 0 saturated heterocycles. The van der Waals surface area contributed by atoms with Gasteiger partial charge in [-0.1, -0.05) is 88.2 Å². The maximum atomic E-state index is 6.62. The predicted molar refractivity (Wildman–Crippen MR) is 175 cm³/mol. The summed E-state index contributed by atoms with van der Waals surface area (Å²) in [7, 11) is 1.83. The summed E-state index contributed by atoms with van der Waals surface area (Å²) >= 11 is 6.62. The fourth-order valence-electron chi connectivity index (χ4n) is 4.98. The lowest BCUT2D eigenvalue weighted by atomic mass is 9.92. The smallest absolute Gasteiger partial charge is 0.372 e. The molecule has 0 bridgehead atoms. The van der Waals surface area contributed by atoms with Gasteiger partial charge in [0.25, 0.3) is 0 Å². The second-order valence-electron chi connectivity index (χ2n) is 10.4. The monoisotopic (exact) mass is 574 g/mol. The van der Waals surface area contributed by atoms with Crippen LogP contribution in [-0.4, -0.2) is 38.7 Å². The van der Waals surface area contributed by atoms with Crippen molar-refractivity contribution in [1.29, 1.82) is 0 Å². The quantitative estimate of drug-likeness (QED) is 0.104. The number of hydrogen-bond acceptors (Lipinski definition) is 4. The number of halogens is 1. The minimum Gasteiger partial charge on any atom is -0.403 e. The zero-order valence-electron chi connectivity index (χ0n) is 25.5. The number of aromatic nitrogens is 2. The fourth-order valence-corrected chi connectivity index (χ4v) is 5.22. The number of fused-ring (bicyclic) bond motifs is 1. The first kappa shape index (κ1) is 31.8. The third-order valence-corrected chi connectivity index (χ3v) is 7.46. The number of H-pyrrole nitrogens is 1. The predicted octanol–water partition coefficient (Wildman–Crippen LogP) is 5.77. The Morgan fingerprint density at radius 2 is 1.88 bits per heavy atom. The van der Waals surface area contributed by atoms with Gasteiger partial charge in [-0.3, -0.25) is 5.10 Å². The Morgan fingerprint density at radius 3 is 2.49 bits per heavy atom. The summed E-state index contributed by atoms with van der Waals surface area (Å²) in [5, 5.41) is 9.20. The molecule has 0 atom stereocenters. The number of benzene rings is 2. The van der Waals surface area contributed by atoms with Crippen molar-refractivity contribution < 1.29 is 0 Å². The molecule has 4 rings (SSSR count). The van der Waals surface area contributed by atoms with Crippen molar-refractivity contribution in [2.24, 2.45) is 17.5 Å². The lowest BCUT2D eigenvalue weighted by Gasteiger charge is -2.16. The molecule has 218 valence electrons. The summed E-state index contributed by atoms with van der Waals surface area (Å²) in [4.78, 5) is 2.31. The van der Waals surface area contributed by atoms with Crippen LogP contribution in [-0.2, 0) is 25.9 Å². The Balaban J connectivity index is 0.00000226. The molecule has 0 saturated carbocycles. The van der Waals surface area contributed by atoms with E-state index in [-0.39, 0.29) is 5.92 Å². The Bertz CT molecular complexity index is 1440. The average Bonchev–Trinajstić information content (AvgIpc) is 3.65. The highest BCUT2D eigenvalue weighted by Gasteiger charge is 2.30. The van der Waals surface area contributed by atoms with E-state index in [0.717, 1.165) is 53.4 Å². The molecular formula is C33H45ClN7+. The highest BCUT2D eigenvalue weighted by Crippen LogP contribution is 2.28. The SMILES string of the molecule is CC.CCc1cccc(CC(=[N+]=C(/C=C(/c2cn[nH]c2)N(C)N)N2Cc3ccc(C)cc3C2)C(C)C)c1/C(Cl)=C/N. The first-order chi connectivity index (χ1) is 19.7. The van der Waals surface area contributed by atoms with Gasteiger partial charge in [-0.2, -0.15) is 5.10 Å². The van der Waals surface area contributed by atoms with Crippen LogP contribution in [0.15, 0.2) is 61.1 Å². The van der Waals surface area contributed by atoms with Crippen molar-refractivity contribution in [2.45, 2.75) is 67.5 Å². The Hall–Kier alpha value is -3.77. The van der Waals surface area contributed by atoms with Gasteiger partial charge in [0, 0.05) is 54.0 Å². The zero-order valence-corrected chi connectivity index (χ0v) is 26.3. The Labute approximate surface area is 250 Å². The maximum absolute atomic E-state index is 6.62. The molecule has 0 radical (unpaired) electrons. The van der Waals surface area contributed by atoms with E-state index >= 15 is 0 Å². The molecule has 1 aliphatic rings. The number of nitrogens with one attached hydrogen (secondary N) is 1. The van der Waals surface area contributed by atoms with E-state index in [0.29, 0.717) is 11.5 Å². The van der Waals surface area contributed by atoms with Gasteiger partial charge in [0.1, 0.15) is 13.1 Å². The lowest BCUT2D eigenvalue weighted by molar-refractivity contribution is 0.447. The van der Waals surface area contributed by atoms with Crippen LogP contribution in [0.3, 0.4) is 0 Å². The van der Waals surface area contributed by atoms with E-state index in [1.807, 2.05) is 27.1 Å². The number of hydrogen-bond donors (Lipinski definition) is 3. The molecule has 5 N–H and O–H groups in total. The van der Waals surface area contributed by atoms with Gasteiger partial charge in [-0.15, -0.1) is 0 Å². The van der Waals surface area contributed by atoms with Crippen LogP contribution in [0.1, 0.15) is 73.6 Å². The molecule has 2 heterocycles. The highest BCUT2D eigenvalue weighted by molar-refractivity contribution is 6.49. The van der Waals surface area contributed by atoms with Crippen molar-refractivity contribution in [3.63, 3.8) is 0 Å². The van der Waals surface area contributed by atoms with Gasteiger partial charge >= 0.3 is 5.84 Å². The van der Waals surface area contributed by atoms with E-state index in [1.165, 1.54) is 28.5 Å². The molecule has 7 nitrogen and oxygen atoms in total. The summed E-state index contributed by atoms with van der Waals surface area (Å²) < 4.78 is 5.35. The number of hydrazine groups is 1. The molecule has 8 heteroatoms. The lowest BCUT2D eigenvalue weighted by Crippen LogP contribution is -2.31. The summed E-state index contributed by atoms with van der Waals surface area (Å²) in [5.74, 6) is 7.36. The number of nitrogens with two attached hydrogens (primary N) is 2. The van der Waals surface area contributed by atoms with E-state index < -0.39 is 0 Å². The summed E-state index contributed by atoms with van der Waals surface area (Å²) in [5.41, 5.74) is 15.8. The van der Waals surface area contributed by atoms with Crippen LogP contribution in [0.5, 0.6) is 0 Å². The molecule has 41 heavy (non-hydrogen) atoms. The fraction of sp³-hybridized carbons (Fsp3) is 0.364. The molecule has 3 aromatic rings. The molecular weight excluding hydrogens is 530 g/mol. The van der Waals surface area contributed by atoms with Crippen LogP contribution < -0.4 is 16.2 Å². The summed E-state index contributed by atoms with van der Waals surface area (Å²) in [6.45, 7) is 14.2. The molecule has 2 aromatic carbocycles. The third kappa shape index (κ3) is 7.70. The molecule has 0 unspecified atom stereocenters.